The summed E-state index contributed by atoms with van der Waals surface area (Å²) in [7, 11) is 0. The molecule has 0 bridgehead atoms. The summed E-state index contributed by atoms with van der Waals surface area (Å²) >= 11 is 0. The molecule has 0 aliphatic rings. The zero-order valence-electron chi connectivity index (χ0n) is 11.3. The number of ether oxygens (including phenoxy) is 1. The molecule has 3 nitrogen and oxygen atoms in total. The monoisotopic (exact) mass is 236 g/mol. The van der Waals surface area contributed by atoms with Gasteiger partial charge in [-0.05, 0) is 39.7 Å². The average molecular weight is 236 g/mol. The maximum atomic E-state index is 5.59. The first-order chi connectivity index (χ1) is 8.01. The van der Waals surface area contributed by atoms with Crippen molar-refractivity contribution in [2.75, 3.05) is 6.61 Å². The molecule has 0 saturated carbocycles. The van der Waals surface area contributed by atoms with Crippen molar-refractivity contribution >= 4 is 0 Å². The van der Waals surface area contributed by atoms with Gasteiger partial charge in [-0.3, -0.25) is 11.3 Å². The highest BCUT2D eigenvalue weighted by Gasteiger charge is 2.09. The second-order valence-corrected chi connectivity index (χ2v) is 4.95. The maximum absolute atomic E-state index is 5.59. The summed E-state index contributed by atoms with van der Waals surface area (Å²) in [6.07, 6.45) is 1.14. The Morgan fingerprint density at radius 1 is 1.18 bits per heavy atom. The molecule has 3 heteroatoms. The van der Waals surface area contributed by atoms with Crippen LogP contribution in [0.5, 0.6) is 0 Å². The van der Waals surface area contributed by atoms with Crippen LogP contribution in [0.1, 0.15) is 30.5 Å². The molecule has 0 aliphatic carbocycles. The molecule has 0 radical (unpaired) electrons. The fourth-order valence-electron chi connectivity index (χ4n) is 1.95. The Morgan fingerprint density at radius 3 is 2.24 bits per heavy atom. The van der Waals surface area contributed by atoms with E-state index >= 15 is 0 Å². The quantitative estimate of drug-likeness (QED) is 0.587. The molecule has 0 amide bonds. The van der Waals surface area contributed by atoms with Crippen LogP contribution >= 0.6 is 0 Å². The molecule has 1 aromatic carbocycles. The molecule has 3 N–H and O–H groups in total. The first-order valence-corrected chi connectivity index (χ1v) is 6.16. The summed E-state index contributed by atoms with van der Waals surface area (Å²) in [6, 6.07) is 6.75. The fourth-order valence-corrected chi connectivity index (χ4v) is 1.95. The van der Waals surface area contributed by atoms with Gasteiger partial charge in [-0.2, -0.15) is 0 Å². The smallest absolute Gasteiger partial charge is 0.0639 e. The largest absolute Gasteiger partial charge is 0.377 e. The van der Waals surface area contributed by atoms with Crippen LogP contribution < -0.4 is 11.3 Å². The van der Waals surface area contributed by atoms with Gasteiger partial charge in [0.15, 0.2) is 0 Å². The van der Waals surface area contributed by atoms with Gasteiger partial charge in [-0.15, -0.1) is 0 Å². The fraction of sp³-hybridized carbons (Fsp3) is 0.571. The van der Waals surface area contributed by atoms with Gasteiger partial charge in [-0.1, -0.05) is 29.3 Å². The lowest BCUT2D eigenvalue weighted by molar-refractivity contribution is 0.0613. The van der Waals surface area contributed by atoms with Crippen molar-refractivity contribution in [1.29, 1.82) is 0 Å². The number of benzene rings is 1. The third kappa shape index (κ3) is 5.31. The van der Waals surface area contributed by atoms with E-state index in [1.165, 1.54) is 16.7 Å². The van der Waals surface area contributed by atoms with E-state index in [9.17, 15) is 0 Å². The topological polar surface area (TPSA) is 47.3 Å². The Balaban J connectivity index is 2.60. The van der Waals surface area contributed by atoms with Crippen molar-refractivity contribution in [1.82, 2.24) is 5.43 Å². The predicted molar refractivity (Wildman–Crippen MR) is 71.8 cm³/mol. The van der Waals surface area contributed by atoms with Gasteiger partial charge in [0.1, 0.15) is 0 Å². The minimum Gasteiger partial charge on any atom is -0.377 e. The molecule has 0 heterocycles. The lowest BCUT2D eigenvalue weighted by atomic mass is 10.0. The van der Waals surface area contributed by atoms with E-state index in [0.717, 1.165) is 6.42 Å². The Morgan fingerprint density at radius 2 is 1.76 bits per heavy atom. The molecule has 0 saturated heterocycles. The summed E-state index contributed by atoms with van der Waals surface area (Å²) < 4.78 is 5.59. The van der Waals surface area contributed by atoms with Crippen LogP contribution in [0.4, 0.5) is 0 Å². The van der Waals surface area contributed by atoms with Gasteiger partial charge in [0.05, 0.1) is 12.7 Å². The van der Waals surface area contributed by atoms with Crippen LogP contribution in [0.2, 0.25) is 0 Å². The summed E-state index contributed by atoms with van der Waals surface area (Å²) in [5.41, 5.74) is 6.71. The summed E-state index contributed by atoms with van der Waals surface area (Å²) in [6.45, 7) is 8.94. The lowest BCUT2D eigenvalue weighted by Crippen LogP contribution is -2.40. The molecule has 1 atom stereocenters. The molecule has 1 rings (SSSR count). The molecular formula is C14H24N2O. The van der Waals surface area contributed by atoms with E-state index in [2.05, 4.69) is 37.5 Å². The number of aryl methyl sites for hydroxylation is 2. The molecule has 96 valence electrons. The van der Waals surface area contributed by atoms with E-state index in [4.69, 9.17) is 10.6 Å². The molecule has 0 fully saturated rings. The van der Waals surface area contributed by atoms with Crippen molar-refractivity contribution < 1.29 is 4.74 Å². The number of rotatable bonds is 6. The molecule has 0 aliphatic heterocycles. The first-order valence-electron chi connectivity index (χ1n) is 6.16. The summed E-state index contributed by atoms with van der Waals surface area (Å²) in [5, 5.41) is 0. The number of nitrogens with two attached hydrogens (primary N) is 1. The van der Waals surface area contributed by atoms with Gasteiger partial charge in [-0.25, -0.2) is 0 Å². The third-order valence-electron chi connectivity index (χ3n) is 2.63. The van der Waals surface area contributed by atoms with Gasteiger partial charge < -0.3 is 4.74 Å². The van der Waals surface area contributed by atoms with E-state index < -0.39 is 0 Å². The zero-order valence-corrected chi connectivity index (χ0v) is 11.3. The number of hydrogen-bond acceptors (Lipinski definition) is 3. The van der Waals surface area contributed by atoms with Crippen LogP contribution in [0.3, 0.4) is 0 Å². The minimum absolute atomic E-state index is 0.165. The zero-order chi connectivity index (χ0) is 12.8. The molecule has 1 unspecified atom stereocenters. The lowest BCUT2D eigenvalue weighted by Gasteiger charge is -2.18. The van der Waals surface area contributed by atoms with Crippen molar-refractivity contribution in [2.24, 2.45) is 5.84 Å². The average Bonchev–Trinajstić information content (AvgIpc) is 2.22. The van der Waals surface area contributed by atoms with E-state index in [1.807, 2.05) is 13.8 Å². The number of hydrogen-bond donors (Lipinski definition) is 2. The van der Waals surface area contributed by atoms with Crippen LogP contribution in [-0.4, -0.2) is 18.8 Å². The molecule has 0 aromatic heterocycles. The van der Waals surface area contributed by atoms with Crippen LogP contribution in [0, 0.1) is 13.8 Å². The Bertz CT molecular complexity index is 330. The van der Waals surface area contributed by atoms with Crippen molar-refractivity contribution in [3.63, 3.8) is 0 Å². The number of hydrazine groups is 1. The minimum atomic E-state index is 0.165. The van der Waals surface area contributed by atoms with Gasteiger partial charge >= 0.3 is 0 Å². The van der Waals surface area contributed by atoms with Gasteiger partial charge in [0, 0.05) is 6.04 Å². The maximum Gasteiger partial charge on any atom is 0.0639 e. The molecule has 17 heavy (non-hydrogen) atoms. The van der Waals surface area contributed by atoms with E-state index in [0.29, 0.717) is 6.61 Å². The van der Waals surface area contributed by atoms with Crippen molar-refractivity contribution in [3.05, 3.63) is 34.9 Å². The second kappa shape index (κ2) is 6.74. The van der Waals surface area contributed by atoms with Gasteiger partial charge in [0.25, 0.3) is 0 Å². The van der Waals surface area contributed by atoms with Crippen molar-refractivity contribution in [3.8, 4) is 0 Å². The Hall–Kier alpha value is -0.900. The first kappa shape index (κ1) is 14.2. The highest BCUT2D eigenvalue weighted by Crippen LogP contribution is 2.11. The normalized spacial score (nSPS) is 13.1. The van der Waals surface area contributed by atoms with Crippen LogP contribution in [0.15, 0.2) is 18.2 Å². The van der Waals surface area contributed by atoms with Crippen molar-refractivity contribution in [2.45, 2.75) is 46.3 Å². The molecular weight excluding hydrogens is 212 g/mol. The molecule has 1 aromatic rings. The second-order valence-electron chi connectivity index (χ2n) is 4.95. The highest BCUT2D eigenvalue weighted by molar-refractivity contribution is 5.29. The van der Waals surface area contributed by atoms with Crippen LogP contribution in [0.25, 0.3) is 0 Å². The Kier molecular flexibility index (Phi) is 5.62. The third-order valence-corrected chi connectivity index (χ3v) is 2.63. The standard InChI is InChI=1S/C14H24N2O/c1-10(2)17-9-14(16-15)8-13-6-11(3)5-12(4)7-13/h5-7,10,14,16H,8-9,15H2,1-4H3. The van der Waals surface area contributed by atoms with E-state index in [1.54, 1.807) is 0 Å². The van der Waals surface area contributed by atoms with E-state index in [-0.39, 0.29) is 12.1 Å². The van der Waals surface area contributed by atoms with Crippen LogP contribution in [-0.2, 0) is 11.2 Å². The summed E-state index contributed by atoms with van der Waals surface area (Å²) in [4.78, 5) is 0. The number of nitrogens with one attached hydrogen (secondary N) is 1. The SMILES string of the molecule is Cc1cc(C)cc(CC(COC(C)C)NN)c1. The summed E-state index contributed by atoms with van der Waals surface area (Å²) in [5.74, 6) is 5.55. The predicted octanol–water partition coefficient (Wildman–Crippen LogP) is 2.10. The molecule has 0 spiro atoms. The highest BCUT2D eigenvalue weighted by atomic mass is 16.5. The van der Waals surface area contributed by atoms with Gasteiger partial charge in [0.2, 0.25) is 0 Å². The Labute approximate surface area is 104 Å².